The molecule has 1 saturated carbocycles. The van der Waals surface area contributed by atoms with E-state index in [0.29, 0.717) is 0 Å². The molecule has 0 aromatic heterocycles. The van der Waals surface area contributed by atoms with Crippen molar-refractivity contribution in [1.29, 1.82) is 0 Å². The smallest absolute Gasteiger partial charge is 0.0236 e. The fourth-order valence-corrected chi connectivity index (χ4v) is 2.80. The summed E-state index contributed by atoms with van der Waals surface area (Å²) in [5.41, 5.74) is 3.10. The lowest BCUT2D eigenvalue weighted by Gasteiger charge is -2.28. The lowest BCUT2D eigenvalue weighted by atomic mass is 10.00. The molecule has 1 N–H and O–H groups in total. The van der Waals surface area contributed by atoms with E-state index in [9.17, 15) is 0 Å². The zero-order valence-corrected chi connectivity index (χ0v) is 11.2. The van der Waals surface area contributed by atoms with Gasteiger partial charge >= 0.3 is 0 Å². The Bertz CT molecular complexity index is 384. The van der Waals surface area contributed by atoms with E-state index in [2.05, 4.69) is 34.5 Å². The van der Waals surface area contributed by atoms with Gasteiger partial charge in [0.1, 0.15) is 0 Å². The highest BCUT2D eigenvalue weighted by atomic mass is 15.1. The molecule has 2 aliphatic rings. The number of nitrogens with zero attached hydrogens (tertiary/aromatic N) is 1. The van der Waals surface area contributed by atoms with Gasteiger partial charge in [0, 0.05) is 19.1 Å². The van der Waals surface area contributed by atoms with Gasteiger partial charge in [0.05, 0.1) is 0 Å². The molecule has 0 radical (unpaired) electrons. The molecule has 18 heavy (non-hydrogen) atoms. The summed E-state index contributed by atoms with van der Waals surface area (Å²) in [4.78, 5) is 2.61. The molecule has 1 heterocycles. The summed E-state index contributed by atoms with van der Waals surface area (Å²) < 4.78 is 0. The highest BCUT2D eigenvalue weighted by molar-refractivity contribution is 5.28. The minimum Gasteiger partial charge on any atom is -0.314 e. The Morgan fingerprint density at radius 3 is 2.78 bits per heavy atom. The van der Waals surface area contributed by atoms with Gasteiger partial charge < -0.3 is 5.32 Å². The number of benzene rings is 1. The van der Waals surface area contributed by atoms with E-state index in [4.69, 9.17) is 0 Å². The SMILES string of the molecule is c1ccc2c(c1)CCN(CCCCNC1CC1)C2. The summed E-state index contributed by atoms with van der Waals surface area (Å²) in [6.45, 7) is 4.88. The number of hydrogen-bond donors (Lipinski definition) is 1. The quantitative estimate of drug-likeness (QED) is 0.774. The maximum atomic E-state index is 3.59. The Morgan fingerprint density at radius 1 is 1.11 bits per heavy atom. The van der Waals surface area contributed by atoms with Crippen LogP contribution in [0, 0.1) is 0 Å². The number of rotatable bonds is 6. The minimum atomic E-state index is 0.867. The first-order valence-corrected chi connectivity index (χ1v) is 7.44. The second kappa shape index (κ2) is 5.85. The third-order valence-electron chi connectivity index (χ3n) is 4.12. The van der Waals surface area contributed by atoms with E-state index in [-0.39, 0.29) is 0 Å². The van der Waals surface area contributed by atoms with Crippen molar-refractivity contribution in [3.63, 3.8) is 0 Å². The molecule has 0 spiro atoms. The van der Waals surface area contributed by atoms with E-state index in [1.165, 1.54) is 51.7 Å². The Hall–Kier alpha value is -0.860. The van der Waals surface area contributed by atoms with Gasteiger partial charge in [0.15, 0.2) is 0 Å². The Kier molecular flexibility index (Phi) is 3.96. The van der Waals surface area contributed by atoms with Gasteiger partial charge in [-0.3, -0.25) is 4.90 Å². The van der Waals surface area contributed by atoms with Crippen LogP contribution in [0.1, 0.15) is 36.8 Å². The van der Waals surface area contributed by atoms with E-state index in [0.717, 1.165) is 12.6 Å². The van der Waals surface area contributed by atoms with Crippen molar-refractivity contribution >= 4 is 0 Å². The molecular weight excluding hydrogens is 220 g/mol. The Balaban J connectivity index is 1.36. The molecule has 0 unspecified atom stereocenters. The topological polar surface area (TPSA) is 15.3 Å². The van der Waals surface area contributed by atoms with Gasteiger partial charge in [-0.1, -0.05) is 24.3 Å². The third-order valence-corrected chi connectivity index (χ3v) is 4.12. The first kappa shape index (κ1) is 12.2. The van der Waals surface area contributed by atoms with Gasteiger partial charge in [-0.05, 0) is 56.3 Å². The van der Waals surface area contributed by atoms with Crippen molar-refractivity contribution in [3.8, 4) is 0 Å². The fourth-order valence-electron chi connectivity index (χ4n) is 2.80. The molecule has 1 aromatic carbocycles. The summed E-state index contributed by atoms with van der Waals surface area (Å²) in [6, 6.07) is 9.77. The van der Waals surface area contributed by atoms with Gasteiger partial charge in [0.2, 0.25) is 0 Å². The summed E-state index contributed by atoms with van der Waals surface area (Å²) in [6.07, 6.45) is 6.71. The van der Waals surface area contributed by atoms with Crippen molar-refractivity contribution in [1.82, 2.24) is 10.2 Å². The average molecular weight is 244 g/mol. The first-order chi connectivity index (χ1) is 8.92. The summed E-state index contributed by atoms with van der Waals surface area (Å²) >= 11 is 0. The predicted molar refractivity (Wildman–Crippen MR) is 75.7 cm³/mol. The average Bonchev–Trinajstić information content (AvgIpc) is 3.22. The number of unbranched alkanes of at least 4 members (excludes halogenated alkanes) is 1. The maximum absolute atomic E-state index is 3.59. The molecule has 0 saturated heterocycles. The largest absolute Gasteiger partial charge is 0.314 e. The standard InChI is InChI=1S/C16H24N2/c1-2-6-15-13-18(12-9-14(15)5-1)11-4-3-10-17-16-7-8-16/h1-2,5-6,16-17H,3-4,7-13H2. The zero-order valence-electron chi connectivity index (χ0n) is 11.2. The minimum absolute atomic E-state index is 0.867. The highest BCUT2D eigenvalue weighted by Crippen LogP contribution is 2.19. The Labute approximate surface area is 110 Å². The first-order valence-electron chi connectivity index (χ1n) is 7.44. The fraction of sp³-hybridized carbons (Fsp3) is 0.625. The molecule has 0 atom stereocenters. The molecule has 3 rings (SSSR count). The number of hydrogen-bond acceptors (Lipinski definition) is 2. The van der Waals surface area contributed by atoms with Crippen LogP contribution in [0.4, 0.5) is 0 Å². The van der Waals surface area contributed by atoms with Crippen LogP contribution < -0.4 is 5.32 Å². The lowest BCUT2D eigenvalue weighted by molar-refractivity contribution is 0.248. The lowest BCUT2D eigenvalue weighted by Crippen LogP contribution is -2.31. The van der Waals surface area contributed by atoms with Gasteiger partial charge in [-0.15, -0.1) is 0 Å². The summed E-state index contributed by atoms with van der Waals surface area (Å²) in [5.74, 6) is 0. The molecule has 0 amide bonds. The van der Waals surface area contributed by atoms with Crippen molar-refractivity contribution < 1.29 is 0 Å². The summed E-state index contributed by atoms with van der Waals surface area (Å²) in [5, 5.41) is 3.59. The molecule has 1 aliphatic carbocycles. The molecule has 1 aliphatic heterocycles. The summed E-state index contributed by atoms with van der Waals surface area (Å²) in [7, 11) is 0. The monoisotopic (exact) mass is 244 g/mol. The van der Waals surface area contributed by atoms with Crippen molar-refractivity contribution in [2.24, 2.45) is 0 Å². The van der Waals surface area contributed by atoms with Crippen LogP contribution in [0.5, 0.6) is 0 Å². The predicted octanol–water partition coefficient (Wildman–Crippen LogP) is 2.58. The van der Waals surface area contributed by atoms with Gasteiger partial charge in [-0.25, -0.2) is 0 Å². The zero-order chi connectivity index (χ0) is 12.2. The van der Waals surface area contributed by atoms with E-state index in [1.807, 2.05) is 0 Å². The van der Waals surface area contributed by atoms with Gasteiger partial charge in [0.25, 0.3) is 0 Å². The molecular formula is C16H24N2. The Morgan fingerprint density at radius 2 is 1.94 bits per heavy atom. The maximum Gasteiger partial charge on any atom is 0.0236 e. The van der Waals surface area contributed by atoms with Crippen molar-refractivity contribution in [2.45, 2.75) is 44.7 Å². The normalized spacial score (nSPS) is 19.8. The van der Waals surface area contributed by atoms with Crippen LogP contribution >= 0.6 is 0 Å². The third kappa shape index (κ3) is 3.33. The molecule has 2 nitrogen and oxygen atoms in total. The van der Waals surface area contributed by atoms with Crippen LogP contribution in [0.25, 0.3) is 0 Å². The van der Waals surface area contributed by atoms with Crippen LogP contribution in [0.3, 0.4) is 0 Å². The molecule has 1 aromatic rings. The second-order valence-electron chi connectivity index (χ2n) is 5.73. The number of fused-ring (bicyclic) bond motifs is 1. The van der Waals surface area contributed by atoms with Gasteiger partial charge in [-0.2, -0.15) is 0 Å². The van der Waals surface area contributed by atoms with E-state index < -0.39 is 0 Å². The number of nitrogens with one attached hydrogen (secondary N) is 1. The molecule has 2 heteroatoms. The van der Waals surface area contributed by atoms with Crippen LogP contribution in [0.15, 0.2) is 24.3 Å². The van der Waals surface area contributed by atoms with Crippen LogP contribution in [-0.2, 0) is 13.0 Å². The van der Waals surface area contributed by atoms with E-state index in [1.54, 1.807) is 11.1 Å². The second-order valence-corrected chi connectivity index (χ2v) is 5.73. The van der Waals surface area contributed by atoms with Crippen LogP contribution in [0.2, 0.25) is 0 Å². The van der Waals surface area contributed by atoms with E-state index >= 15 is 0 Å². The van der Waals surface area contributed by atoms with Crippen molar-refractivity contribution in [2.75, 3.05) is 19.6 Å². The molecule has 1 fully saturated rings. The molecule has 98 valence electrons. The molecule has 0 bridgehead atoms. The highest BCUT2D eigenvalue weighted by Gasteiger charge is 2.19. The van der Waals surface area contributed by atoms with Crippen molar-refractivity contribution in [3.05, 3.63) is 35.4 Å². The van der Waals surface area contributed by atoms with Crippen LogP contribution in [-0.4, -0.2) is 30.6 Å².